The van der Waals surface area contributed by atoms with Crippen molar-refractivity contribution in [3.8, 4) is 0 Å². The van der Waals surface area contributed by atoms with E-state index in [0.29, 0.717) is 18.1 Å². The van der Waals surface area contributed by atoms with Crippen LogP contribution in [0.1, 0.15) is 39.3 Å². The van der Waals surface area contributed by atoms with Crippen LogP contribution in [0.4, 0.5) is 4.79 Å². The zero-order valence-electron chi connectivity index (χ0n) is 11.0. The molecule has 0 saturated carbocycles. The molecule has 2 heterocycles. The third-order valence-electron chi connectivity index (χ3n) is 2.43. The maximum absolute atomic E-state index is 12.2. The van der Waals surface area contributed by atoms with Crippen molar-refractivity contribution in [3.63, 3.8) is 0 Å². The van der Waals surface area contributed by atoms with Crippen LogP contribution in [0.25, 0.3) is 0 Å². The van der Waals surface area contributed by atoms with Gasteiger partial charge in [0.15, 0.2) is 5.82 Å². The third-order valence-corrected chi connectivity index (χ3v) is 2.43. The number of hydrogen-bond acceptors (Lipinski definition) is 5. The molecular formula is C11H16N6O. The summed E-state index contributed by atoms with van der Waals surface area (Å²) in [5, 5.41) is 8.04. The van der Waals surface area contributed by atoms with Gasteiger partial charge in [-0.3, -0.25) is 0 Å². The second-order valence-corrected chi connectivity index (χ2v) is 4.99. The van der Waals surface area contributed by atoms with Gasteiger partial charge in [-0.05, 0) is 0 Å². The molecule has 0 bridgehead atoms. The summed E-state index contributed by atoms with van der Waals surface area (Å²) in [6, 6.07) is -0.371. The molecular weight excluding hydrogens is 232 g/mol. The van der Waals surface area contributed by atoms with Crippen LogP contribution >= 0.6 is 0 Å². The fourth-order valence-corrected chi connectivity index (χ4v) is 1.53. The molecule has 7 nitrogen and oxygen atoms in total. The first-order valence-corrected chi connectivity index (χ1v) is 5.79. The number of carbonyl (C=O) groups is 1. The van der Waals surface area contributed by atoms with Crippen molar-refractivity contribution in [1.82, 2.24) is 29.5 Å². The Hall–Kier alpha value is -2.05. The lowest BCUT2D eigenvalue weighted by molar-refractivity contribution is 0.235. The molecule has 2 aromatic heterocycles. The second kappa shape index (κ2) is 4.32. The normalized spacial score (nSPS) is 11.8. The highest BCUT2D eigenvalue weighted by Gasteiger charge is 2.26. The summed E-state index contributed by atoms with van der Waals surface area (Å²) in [5.74, 6) is 1.27. The van der Waals surface area contributed by atoms with Gasteiger partial charge in [0.1, 0.15) is 18.5 Å². The zero-order valence-corrected chi connectivity index (χ0v) is 11.0. The minimum atomic E-state index is -0.371. The zero-order chi connectivity index (χ0) is 13.3. The Bertz CT molecular complexity index is 549. The van der Waals surface area contributed by atoms with Crippen molar-refractivity contribution in [2.45, 2.75) is 39.5 Å². The SMILES string of the molecule is CCc1nc(C(C)(C)C)n(C(=O)n2cncn2)n1. The van der Waals surface area contributed by atoms with E-state index in [4.69, 9.17) is 0 Å². The number of rotatable bonds is 1. The van der Waals surface area contributed by atoms with Crippen molar-refractivity contribution < 1.29 is 4.79 Å². The molecule has 2 rings (SSSR count). The molecule has 7 heteroatoms. The molecule has 0 saturated heterocycles. The van der Waals surface area contributed by atoms with Gasteiger partial charge in [0.05, 0.1) is 0 Å². The highest BCUT2D eigenvalue weighted by Crippen LogP contribution is 2.20. The Kier molecular flexibility index (Phi) is 2.98. The van der Waals surface area contributed by atoms with Gasteiger partial charge in [-0.2, -0.15) is 14.5 Å². The molecule has 0 aromatic carbocycles. The fourth-order valence-electron chi connectivity index (χ4n) is 1.53. The molecule has 0 aliphatic carbocycles. The van der Waals surface area contributed by atoms with E-state index in [0.717, 1.165) is 4.68 Å². The predicted molar refractivity (Wildman–Crippen MR) is 64.3 cm³/mol. The third kappa shape index (κ3) is 2.15. The molecule has 96 valence electrons. The predicted octanol–water partition coefficient (Wildman–Crippen LogP) is 1.25. The van der Waals surface area contributed by atoms with Crippen molar-refractivity contribution >= 4 is 6.03 Å². The van der Waals surface area contributed by atoms with Gasteiger partial charge in [0.25, 0.3) is 0 Å². The average molecular weight is 248 g/mol. The lowest BCUT2D eigenvalue weighted by atomic mass is 9.96. The molecule has 0 atom stereocenters. The van der Waals surface area contributed by atoms with E-state index in [-0.39, 0.29) is 11.4 Å². The first-order chi connectivity index (χ1) is 8.43. The number of aryl methyl sites for hydroxylation is 1. The van der Waals surface area contributed by atoms with Gasteiger partial charge in [-0.25, -0.2) is 14.8 Å². The van der Waals surface area contributed by atoms with Crippen molar-refractivity contribution in [1.29, 1.82) is 0 Å². The summed E-state index contributed by atoms with van der Waals surface area (Å²) in [7, 11) is 0. The Morgan fingerprint density at radius 3 is 2.61 bits per heavy atom. The van der Waals surface area contributed by atoms with Gasteiger partial charge < -0.3 is 0 Å². The summed E-state index contributed by atoms with van der Waals surface area (Å²) in [4.78, 5) is 20.4. The maximum Gasteiger partial charge on any atom is 0.372 e. The van der Waals surface area contributed by atoms with Gasteiger partial charge in [0, 0.05) is 11.8 Å². The molecule has 0 N–H and O–H groups in total. The van der Waals surface area contributed by atoms with Crippen LogP contribution in [0.3, 0.4) is 0 Å². The summed E-state index contributed by atoms with van der Waals surface area (Å²) in [6.45, 7) is 7.91. The van der Waals surface area contributed by atoms with Crippen LogP contribution in [0.5, 0.6) is 0 Å². The van der Waals surface area contributed by atoms with Gasteiger partial charge in [-0.1, -0.05) is 27.7 Å². The molecule has 2 aromatic rings. The number of aromatic nitrogens is 6. The maximum atomic E-state index is 12.2. The summed E-state index contributed by atoms with van der Waals surface area (Å²) in [6.07, 6.45) is 3.34. The molecule has 0 aliphatic rings. The summed E-state index contributed by atoms with van der Waals surface area (Å²) in [5.41, 5.74) is -0.267. The molecule has 0 aliphatic heterocycles. The highest BCUT2D eigenvalue weighted by molar-refractivity contribution is 5.77. The highest BCUT2D eigenvalue weighted by atomic mass is 16.2. The monoisotopic (exact) mass is 248 g/mol. The molecule has 18 heavy (non-hydrogen) atoms. The standard InChI is InChI=1S/C11H16N6O/c1-5-8-14-9(11(2,3)4)17(15-8)10(18)16-7-12-6-13-16/h6-7H,5H2,1-4H3. The van der Waals surface area contributed by atoms with Gasteiger partial charge in [-0.15, -0.1) is 5.10 Å². The van der Waals surface area contributed by atoms with Crippen molar-refractivity contribution in [2.75, 3.05) is 0 Å². The van der Waals surface area contributed by atoms with E-state index in [1.54, 1.807) is 0 Å². The lowest BCUT2D eigenvalue weighted by Crippen LogP contribution is -2.28. The lowest BCUT2D eigenvalue weighted by Gasteiger charge is -2.16. The van der Waals surface area contributed by atoms with E-state index in [1.165, 1.54) is 17.3 Å². The summed E-state index contributed by atoms with van der Waals surface area (Å²) >= 11 is 0. The largest absolute Gasteiger partial charge is 0.372 e. The molecule has 0 radical (unpaired) electrons. The van der Waals surface area contributed by atoms with E-state index in [9.17, 15) is 4.79 Å². The van der Waals surface area contributed by atoms with Crippen LogP contribution in [0, 0.1) is 0 Å². The molecule has 0 spiro atoms. The van der Waals surface area contributed by atoms with E-state index < -0.39 is 0 Å². The van der Waals surface area contributed by atoms with E-state index in [2.05, 4.69) is 20.2 Å². The fraction of sp³-hybridized carbons (Fsp3) is 0.545. The first-order valence-electron chi connectivity index (χ1n) is 5.79. The second-order valence-electron chi connectivity index (χ2n) is 4.99. The van der Waals surface area contributed by atoms with Crippen LogP contribution < -0.4 is 0 Å². The average Bonchev–Trinajstić information content (AvgIpc) is 2.96. The van der Waals surface area contributed by atoms with E-state index in [1.807, 2.05) is 27.7 Å². The summed E-state index contributed by atoms with van der Waals surface area (Å²) < 4.78 is 2.44. The minimum absolute atomic E-state index is 0.267. The Morgan fingerprint density at radius 1 is 1.39 bits per heavy atom. The Labute approximate surface area is 105 Å². The quantitative estimate of drug-likeness (QED) is 0.758. The minimum Gasteiger partial charge on any atom is -0.243 e. The number of hydrogen-bond donors (Lipinski definition) is 0. The first kappa shape index (κ1) is 12.4. The van der Waals surface area contributed by atoms with Crippen LogP contribution in [-0.2, 0) is 11.8 Å². The van der Waals surface area contributed by atoms with Crippen LogP contribution in [0.15, 0.2) is 12.7 Å². The molecule has 0 fully saturated rings. The molecule has 0 unspecified atom stereocenters. The molecule has 0 amide bonds. The van der Waals surface area contributed by atoms with Crippen molar-refractivity contribution in [2.24, 2.45) is 0 Å². The number of carbonyl (C=O) groups excluding carboxylic acids is 1. The van der Waals surface area contributed by atoms with Crippen LogP contribution in [-0.4, -0.2) is 35.6 Å². The topological polar surface area (TPSA) is 78.5 Å². The van der Waals surface area contributed by atoms with Gasteiger partial charge in [0.2, 0.25) is 0 Å². The smallest absolute Gasteiger partial charge is 0.243 e. The number of nitrogens with zero attached hydrogens (tertiary/aromatic N) is 6. The Balaban J connectivity index is 2.50. The van der Waals surface area contributed by atoms with Gasteiger partial charge >= 0.3 is 6.03 Å². The van der Waals surface area contributed by atoms with Crippen LogP contribution in [0.2, 0.25) is 0 Å². The van der Waals surface area contributed by atoms with E-state index >= 15 is 0 Å². The Morgan fingerprint density at radius 2 is 2.11 bits per heavy atom. The van der Waals surface area contributed by atoms with Crippen molar-refractivity contribution in [3.05, 3.63) is 24.3 Å².